The van der Waals surface area contributed by atoms with E-state index in [1.54, 1.807) is 25.3 Å². The van der Waals surface area contributed by atoms with E-state index in [4.69, 9.17) is 4.42 Å². The molecule has 0 saturated carbocycles. The third-order valence-corrected chi connectivity index (χ3v) is 5.71. The minimum Gasteiger partial charge on any atom is -0.467 e. The zero-order valence-electron chi connectivity index (χ0n) is 17.3. The lowest BCUT2D eigenvalue weighted by Gasteiger charge is -2.35. The first-order valence-electron chi connectivity index (χ1n) is 10.4. The summed E-state index contributed by atoms with van der Waals surface area (Å²) in [6.45, 7) is 5.75. The normalized spacial score (nSPS) is 17.4. The third kappa shape index (κ3) is 6.19. The van der Waals surface area contributed by atoms with Crippen LogP contribution in [0.3, 0.4) is 0 Å². The maximum atomic E-state index is 12.6. The molecule has 29 heavy (non-hydrogen) atoms. The van der Waals surface area contributed by atoms with Crippen LogP contribution >= 0.6 is 0 Å². The number of carbonyl (C=O) groups excluding carboxylic acids is 2. The summed E-state index contributed by atoms with van der Waals surface area (Å²) in [5, 5.41) is 5.61. The molecule has 2 heterocycles. The fourth-order valence-electron chi connectivity index (χ4n) is 3.80. The van der Waals surface area contributed by atoms with Gasteiger partial charge in [0.2, 0.25) is 11.8 Å². The molecule has 6 nitrogen and oxygen atoms in total. The molecule has 0 aliphatic carbocycles. The monoisotopic (exact) mass is 397 g/mol. The highest BCUT2D eigenvalue weighted by Gasteiger charge is 2.28. The van der Waals surface area contributed by atoms with Crippen molar-refractivity contribution in [3.8, 4) is 0 Å². The Morgan fingerprint density at radius 2 is 1.79 bits per heavy atom. The second-order valence-corrected chi connectivity index (χ2v) is 7.87. The smallest absolute Gasteiger partial charge is 0.242 e. The Balaban J connectivity index is 1.40. The van der Waals surface area contributed by atoms with Crippen molar-refractivity contribution in [3.05, 3.63) is 60.1 Å². The number of hydrogen-bond donors (Lipinski definition) is 2. The highest BCUT2D eigenvalue weighted by molar-refractivity contribution is 5.89. The second-order valence-electron chi connectivity index (χ2n) is 7.87. The molecule has 1 saturated heterocycles. The molecule has 0 radical (unpaired) electrons. The van der Waals surface area contributed by atoms with E-state index in [1.165, 1.54) is 5.56 Å². The van der Waals surface area contributed by atoms with Gasteiger partial charge in [0.1, 0.15) is 11.8 Å². The Bertz CT molecular complexity index is 768. The van der Waals surface area contributed by atoms with Crippen LogP contribution in [0.15, 0.2) is 53.1 Å². The lowest BCUT2D eigenvalue weighted by atomic mass is 9.89. The van der Waals surface area contributed by atoms with Gasteiger partial charge in [0, 0.05) is 0 Å². The number of carbonyl (C=O) groups is 2. The van der Waals surface area contributed by atoms with Gasteiger partial charge in [-0.3, -0.25) is 14.5 Å². The van der Waals surface area contributed by atoms with Crippen molar-refractivity contribution in [2.45, 2.75) is 51.7 Å². The summed E-state index contributed by atoms with van der Waals surface area (Å²) in [5.74, 6) is 1.02. The number of nitrogens with zero attached hydrogens (tertiary/aromatic N) is 1. The minimum absolute atomic E-state index is 0.104. The van der Waals surface area contributed by atoms with Crippen molar-refractivity contribution in [2.75, 3.05) is 13.1 Å². The van der Waals surface area contributed by atoms with Gasteiger partial charge in [-0.15, -0.1) is 0 Å². The van der Waals surface area contributed by atoms with Crippen LogP contribution in [-0.4, -0.2) is 41.9 Å². The molecule has 1 aliphatic rings. The van der Waals surface area contributed by atoms with Crippen LogP contribution in [-0.2, 0) is 22.6 Å². The lowest BCUT2D eigenvalue weighted by molar-refractivity contribution is -0.131. The molecule has 3 rings (SSSR count). The highest BCUT2D eigenvalue weighted by Crippen LogP contribution is 2.23. The van der Waals surface area contributed by atoms with Gasteiger partial charge in [0.05, 0.1) is 18.8 Å². The summed E-state index contributed by atoms with van der Waals surface area (Å²) in [4.78, 5) is 27.0. The Labute approximate surface area is 172 Å². The number of nitrogens with one attached hydrogen (secondary N) is 2. The van der Waals surface area contributed by atoms with Crippen LogP contribution < -0.4 is 10.6 Å². The summed E-state index contributed by atoms with van der Waals surface area (Å²) in [7, 11) is 0. The van der Waals surface area contributed by atoms with Crippen molar-refractivity contribution in [1.29, 1.82) is 0 Å². The van der Waals surface area contributed by atoms with E-state index in [1.807, 2.05) is 13.0 Å². The molecule has 1 aliphatic heterocycles. The molecule has 0 spiro atoms. The summed E-state index contributed by atoms with van der Waals surface area (Å²) in [5.41, 5.74) is 1.38. The number of piperidine rings is 1. The van der Waals surface area contributed by atoms with Crippen LogP contribution in [0.1, 0.15) is 38.0 Å². The van der Waals surface area contributed by atoms with Crippen molar-refractivity contribution in [2.24, 2.45) is 5.92 Å². The van der Waals surface area contributed by atoms with Crippen LogP contribution in [0, 0.1) is 5.92 Å². The van der Waals surface area contributed by atoms with Crippen molar-refractivity contribution in [3.63, 3.8) is 0 Å². The van der Waals surface area contributed by atoms with Gasteiger partial charge in [-0.2, -0.15) is 0 Å². The van der Waals surface area contributed by atoms with E-state index >= 15 is 0 Å². The zero-order valence-corrected chi connectivity index (χ0v) is 17.3. The number of rotatable bonds is 8. The third-order valence-electron chi connectivity index (χ3n) is 5.71. The number of benzene rings is 1. The molecule has 1 aromatic carbocycles. The van der Waals surface area contributed by atoms with E-state index in [0.29, 0.717) is 18.2 Å². The molecular formula is C23H31N3O3. The molecule has 1 aromatic heterocycles. The summed E-state index contributed by atoms with van der Waals surface area (Å²) < 4.78 is 5.20. The minimum atomic E-state index is -0.587. The summed E-state index contributed by atoms with van der Waals surface area (Å²) in [6, 6.07) is 13.3. The molecule has 2 N–H and O–H groups in total. The lowest BCUT2D eigenvalue weighted by Crippen LogP contribution is -2.53. The summed E-state index contributed by atoms with van der Waals surface area (Å²) >= 11 is 0. The van der Waals surface area contributed by atoms with Gasteiger partial charge in [-0.25, -0.2) is 0 Å². The molecular weight excluding hydrogens is 366 g/mol. The first kappa shape index (κ1) is 21.1. The fraction of sp³-hybridized carbons (Fsp3) is 0.478. The van der Waals surface area contributed by atoms with Crippen molar-refractivity contribution >= 4 is 11.8 Å². The van der Waals surface area contributed by atoms with Gasteiger partial charge >= 0.3 is 0 Å². The zero-order chi connectivity index (χ0) is 20.6. The van der Waals surface area contributed by atoms with E-state index < -0.39 is 6.04 Å². The first-order chi connectivity index (χ1) is 14.0. The van der Waals surface area contributed by atoms with Gasteiger partial charge in [0.15, 0.2) is 0 Å². The van der Waals surface area contributed by atoms with Gasteiger partial charge < -0.3 is 15.1 Å². The van der Waals surface area contributed by atoms with Gasteiger partial charge in [0.25, 0.3) is 0 Å². The maximum absolute atomic E-state index is 12.6. The van der Waals surface area contributed by atoms with E-state index in [9.17, 15) is 9.59 Å². The van der Waals surface area contributed by atoms with Crippen LogP contribution in [0.2, 0.25) is 0 Å². The van der Waals surface area contributed by atoms with Gasteiger partial charge in [-0.1, -0.05) is 30.3 Å². The molecule has 2 atom stereocenters. The molecule has 1 fully saturated rings. The molecule has 2 amide bonds. The largest absolute Gasteiger partial charge is 0.467 e. The predicted octanol–water partition coefficient (Wildman–Crippen LogP) is 2.74. The first-order valence-corrected chi connectivity index (χ1v) is 10.4. The average Bonchev–Trinajstić information content (AvgIpc) is 3.26. The quantitative estimate of drug-likeness (QED) is 0.718. The SMILES string of the molecule is CC(NC(=O)C(C)N1CCC(Cc2ccccc2)CC1)C(=O)NCc1ccco1. The Morgan fingerprint density at radius 3 is 2.45 bits per heavy atom. The molecule has 6 heteroatoms. The molecule has 0 bridgehead atoms. The molecule has 156 valence electrons. The van der Waals surface area contributed by atoms with E-state index in [2.05, 4.69) is 39.8 Å². The predicted molar refractivity (Wildman–Crippen MR) is 112 cm³/mol. The van der Waals surface area contributed by atoms with Crippen LogP contribution in [0.5, 0.6) is 0 Å². The maximum Gasteiger partial charge on any atom is 0.242 e. The van der Waals surface area contributed by atoms with Crippen molar-refractivity contribution in [1.82, 2.24) is 15.5 Å². The highest BCUT2D eigenvalue weighted by atomic mass is 16.3. The second kappa shape index (κ2) is 10.3. The van der Waals surface area contributed by atoms with Crippen molar-refractivity contribution < 1.29 is 14.0 Å². The van der Waals surface area contributed by atoms with E-state index in [0.717, 1.165) is 32.4 Å². The van der Waals surface area contributed by atoms with E-state index in [-0.39, 0.29) is 17.9 Å². The Kier molecular flexibility index (Phi) is 7.47. The number of likely N-dealkylation sites (tertiary alicyclic amines) is 1. The van der Waals surface area contributed by atoms with Crippen LogP contribution in [0.4, 0.5) is 0 Å². The van der Waals surface area contributed by atoms with Gasteiger partial charge in [-0.05, 0) is 69.8 Å². The number of amides is 2. The fourth-order valence-corrected chi connectivity index (χ4v) is 3.80. The molecule has 2 aromatic rings. The molecule has 2 unspecified atom stereocenters. The topological polar surface area (TPSA) is 74.6 Å². The Morgan fingerprint density at radius 1 is 1.07 bits per heavy atom. The number of hydrogen-bond acceptors (Lipinski definition) is 4. The average molecular weight is 398 g/mol. The van der Waals surface area contributed by atoms with Crippen LogP contribution in [0.25, 0.3) is 0 Å². The standard InChI is InChI=1S/C23H31N3O3/c1-17(22(27)24-16-21-9-6-14-29-21)25-23(28)18(2)26-12-10-20(11-13-26)15-19-7-4-3-5-8-19/h3-9,14,17-18,20H,10-13,15-16H2,1-2H3,(H,24,27)(H,25,28). The number of furan rings is 1. The summed E-state index contributed by atoms with van der Waals surface area (Å²) in [6.07, 6.45) is 4.84. The Hall–Kier alpha value is -2.60.